The van der Waals surface area contributed by atoms with Gasteiger partial charge in [-0.25, -0.2) is 0 Å². The summed E-state index contributed by atoms with van der Waals surface area (Å²) in [6.45, 7) is 7.72. The number of nitrogens with two attached hydrogens (primary N) is 1. The van der Waals surface area contributed by atoms with Crippen molar-refractivity contribution in [3.63, 3.8) is 0 Å². The monoisotopic (exact) mass is 242 g/mol. The molecule has 0 aromatic carbocycles. The maximum absolute atomic E-state index is 11.2. The van der Waals surface area contributed by atoms with Crippen molar-refractivity contribution in [3.05, 3.63) is 0 Å². The van der Waals surface area contributed by atoms with E-state index in [-0.39, 0.29) is 5.97 Å². The standard InChI is InChI=1S/C13H26N2O2/c1-4-13(5-2)7-9-15(10-13)8-6-11(14)12(16)17-3/h11H,4-10,14H2,1-3H3. The molecule has 4 heteroatoms. The molecule has 1 rings (SSSR count). The van der Waals surface area contributed by atoms with E-state index in [4.69, 9.17) is 5.73 Å². The molecule has 1 unspecified atom stereocenters. The molecule has 0 aliphatic carbocycles. The molecule has 4 nitrogen and oxygen atoms in total. The van der Waals surface area contributed by atoms with Gasteiger partial charge in [0.1, 0.15) is 6.04 Å². The summed E-state index contributed by atoms with van der Waals surface area (Å²) in [7, 11) is 1.39. The molecule has 0 aromatic heterocycles. The smallest absolute Gasteiger partial charge is 0.322 e. The zero-order chi connectivity index (χ0) is 12.9. The highest BCUT2D eigenvalue weighted by Crippen LogP contribution is 2.36. The molecule has 1 fully saturated rings. The van der Waals surface area contributed by atoms with Gasteiger partial charge < -0.3 is 15.4 Å². The van der Waals surface area contributed by atoms with Crippen LogP contribution in [0.4, 0.5) is 0 Å². The predicted octanol–water partition coefficient (Wildman–Crippen LogP) is 1.39. The Labute approximate surface area is 104 Å². The second kappa shape index (κ2) is 6.36. The van der Waals surface area contributed by atoms with Crippen molar-refractivity contribution in [2.75, 3.05) is 26.7 Å². The first-order valence-corrected chi connectivity index (χ1v) is 6.62. The molecule has 0 spiro atoms. The summed E-state index contributed by atoms with van der Waals surface area (Å²) < 4.78 is 4.63. The molecule has 0 amide bonds. The van der Waals surface area contributed by atoms with Gasteiger partial charge in [-0.3, -0.25) is 4.79 Å². The lowest BCUT2D eigenvalue weighted by atomic mass is 9.82. The largest absolute Gasteiger partial charge is 0.468 e. The SMILES string of the molecule is CCC1(CC)CCN(CCC(N)C(=O)OC)C1. The molecule has 1 saturated heterocycles. The maximum atomic E-state index is 11.2. The molecule has 2 N–H and O–H groups in total. The summed E-state index contributed by atoms with van der Waals surface area (Å²) in [4.78, 5) is 13.6. The highest BCUT2D eigenvalue weighted by atomic mass is 16.5. The Morgan fingerprint density at radius 3 is 2.59 bits per heavy atom. The van der Waals surface area contributed by atoms with E-state index in [2.05, 4.69) is 23.5 Å². The average Bonchev–Trinajstić information content (AvgIpc) is 2.79. The fourth-order valence-electron chi connectivity index (χ4n) is 2.64. The molecule has 0 bridgehead atoms. The molecule has 0 radical (unpaired) electrons. The number of nitrogens with zero attached hydrogens (tertiary/aromatic N) is 1. The van der Waals surface area contributed by atoms with Crippen LogP contribution in [0, 0.1) is 5.41 Å². The minimum Gasteiger partial charge on any atom is -0.468 e. The number of ether oxygens (including phenoxy) is 1. The van der Waals surface area contributed by atoms with Crippen LogP contribution in [0.2, 0.25) is 0 Å². The molecule has 1 aliphatic heterocycles. The number of methoxy groups -OCH3 is 1. The maximum Gasteiger partial charge on any atom is 0.322 e. The van der Waals surface area contributed by atoms with Crippen LogP contribution in [0.5, 0.6) is 0 Å². The van der Waals surface area contributed by atoms with Crippen molar-refractivity contribution in [1.29, 1.82) is 0 Å². The van der Waals surface area contributed by atoms with Gasteiger partial charge in [-0.1, -0.05) is 13.8 Å². The van der Waals surface area contributed by atoms with E-state index in [9.17, 15) is 4.79 Å². The lowest BCUT2D eigenvalue weighted by Gasteiger charge is -2.26. The van der Waals surface area contributed by atoms with Crippen molar-refractivity contribution in [2.24, 2.45) is 11.1 Å². The van der Waals surface area contributed by atoms with E-state index in [1.165, 1.54) is 26.4 Å². The van der Waals surface area contributed by atoms with E-state index in [0.717, 1.165) is 19.6 Å². The Morgan fingerprint density at radius 2 is 2.12 bits per heavy atom. The Bertz CT molecular complexity index is 252. The third-order valence-electron chi connectivity index (χ3n) is 4.28. The number of carbonyl (C=O) groups is 1. The summed E-state index contributed by atoms with van der Waals surface area (Å²) in [6, 6.07) is -0.474. The van der Waals surface area contributed by atoms with Crippen molar-refractivity contribution in [2.45, 2.75) is 45.6 Å². The first-order chi connectivity index (χ1) is 8.06. The number of esters is 1. The summed E-state index contributed by atoms with van der Waals surface area (Å²) in [6.07, 6.45) is 4.44. The van der Waals surface area contributed by atoms with E-state index >= 15 is 0 Å². The number of rotatable bonds is 6. The second-order valence-corrected chi connectivity index (χ2v) is 5.15. The molecule has 0 aromatic rings. The molecule has 1 aliphatic rings. The topological polar surface area (TPSA) is 55.6 Å². The van der Waals surface area contributed by atoms with Crippen LogP contribution >= 0.6 is 0 Å². The Hall–Kier alpha value is -0.610. The lowest BCUT2D eigenvalue weighted by Crippen LogP contribution is -2.36. The van der Waals surface area contributed by atoms with Crippen LogP contribution in [0.1, 0.15) is 39.5 Å². The van der Waals surface area contributed by atoms with Gasteiger partial charge >= 0.3 is 5.97 Å². The van der Waals surface area contributed by atoms with E-state index in [1.807, 2.05) is 0 Å². The van der Waals surface area contributed by atoms with Crippen LogP contribution in [0.3, 0.4) is 0 Å². The quantitative estimate of drug-likeness (QED) is 0.715. The normalized spacial score (nSPS) is 21.4. The van der Waals surface area contributed by atoms with Gasteiger partial charge in [0.05, 0.1) is 7.11 Å². The summed E-state index contributed by atoms with van der Waals surface area (Å²) in [5.74, 6) is -0.304. The Kier molecular flexibility index (Phi) is 5.40. The molecule has 1 atom stereocenters. The van der Waals surface area contributed by atoms with Crippen molar-refractivity contribution >= 4 is 5.97 Å². The van der Waals surface area contributed by atoms with E-state index < -0.39 is 6.04 Å². The second-order valence-electron chi connectivity index (χ2n) is 5.15. The van der Waals surface area contributed by atoms with E-state index in [0.29, 0.717) is 11.8 Å². The first kappa shape index (κ1) is 14.5. The molecule has 1 heterocycles. The molecule has 100 valence electrons. The lowest BCUT2D eigenvalue weighted by molar-refractivity contribution is -0.142. The van der Waals surface area contributed by atoms with Crippen molar-refractivity contribution in [1.82, 2.24) is 4.90 Å². The minimum absolute atomic E-state index is 0.304. The molecular formula is C13H26N2O2. The fraction of sp³-hybridized carbons (Fsp3) is 0.923. The minimum atomic E-state index is -0.474. The van der Waals surface area contributed by atoms with Gasteiger partial charge in [0, 0.05) is 13.1 Å². The highest BCUT2D eigenvalue weighted by Gasteiger charge is 2.34. The third kappa shape index (κ3) is 3.68. The molecule has 17 heavy (non-hydrogen) atoms. The van der Waals surface area contributed by atoms with Gasteiger partial charge in [0.2, 0.25) is 0 Å². The summed E-state index contributed by atoms with van der Waals surface area (Å²) >= 11 is 0. The molecule has 0 saturated carbocycles. The number of carbonyl (C=O) groups excluding carboxylic acids is 1. The van der Waals surface area contributed by atoms with Gasteiger partial charge in [0.25, 0.3) is 0 Å². The van der Waals surface area contributed by atoms with E-state index in [1.54, 1.807) is 0 Å². The summed E-state index contributed by atoms with van der Waals surface area (Å²) in [5, 5.41) is 0. The Morgan fingerprint density at radius 1 is 1.47 bits per heavy atom. The molecular weight excluding hydrogens is 216 g/mol. The third-order valence-corrected chi connectivity index (χ3v) is 4.28. The average molecular weight is 242 g/mol. The number of hydrogen-bond donors (Lipinski definition) is 1. The van der Waals surface area contributed by atoms with Crippen molar-refractivity contribution < 1.29 is 9.53 Å². The summed E-state index contributed by atoms with van der Waals surface area (Å²) in [5.41, 5.74) is 6.23. The Balaban J connectivity index is 2.33. The van der Waals surface area contributed by atoms with Crippen molar-refractivity contribution in [3.8, 4) is 0 Å². The van der Waals surface area contributed by atoms with Gasteiger partial charge in [-0.2, -0.15) is 0 Å². The van der Waals surface area contributed by atoms with Crippen LogP contribution in [0.15, 0.2) is 0 Å². The van der Waals surface area contributed by atoms with Crippen LogP contribution in [0.25, 0.3) is 0 Å². The highest BCUT2D eigenvalue weighted by molar-refractivity contribution is 5.75. The zero-order valence-electron chi connectivity index (χ0n) is 11.4. The number of hydrogen-bond acceptors (Lipinski definition) is 4. The first-order valence-electron chi connectivity index (χ1n) is 6.62. The fourth-order valence-corrected chi connectivity index (χ4v) is 2.64. The van der Waals surface area contributed by atoms with Crippen LogP contribution in [-0.4, -0.2) is 43.7 Å². The predicted molar refractivity (Wildman–Crippen MR) is 68.7 cm³/mol. The van der Waals surface area contributed by atoms with Gasteiger partial charge in [-0.15, -0.1) is 0 Å². The van der Waals surface area contributed by atoms with Crippen LogP contribution in [-0.2, 0) is 9.53 Å². The van der Waals surface area contributed by atoms with Gasteiger partial charge in [0.15, 0.2) is 0 Å². The number of likely N-dealkylation sites (tertiary alicyclic amines) is 1. The van der Waals surface area contributed by atoms with Gasteiger partial charge in [-0.05, 0) is 37.6 Å². The van der Waals surface area contributed by atoms with Crippen LogP contribution < -0.4 is 5.73 Å². The zero-order valence-corrected chi connectivity index (χ0v) is 11.4.